The maximum Gasteiger partial charge on any atom is 0.338 e. The largest absolute Gasteiger partial charge is 0.449 e. The number of carbonyl (C=O) groups excluding carboxylic acids is 2. The van der Waals surface area contributed by atoms with Gasteiger partial charge in [0.05, 0.1) is 16.1 Å². The van der Waals surface area contributed by atoms with Gasteiger partial charge in [-0.25, -0.2) is 13.2 Å². The number of rotatable bonds is 8. The third kappa shape index (κ3) is 6.07. The molecule has 0 aliphatic rings. The van der Waals surface area contributed by atoms with Crippen molar-refractivity contribution < 1.29 is 22.7 Å². The normalized spacial score (nSPS) is 12.5. The molecule has 2 aromatic carbocycles. The highest BCUT2D eigenvalue weighted by molar-refractivity contribution is 7.92. The third-order valence-electron chi connectivity index (χ3n) is 4.79. The first-order valence-electron chi connectivity index (χ1n) is 10.2. The van der Waals surface area contributed by atoms with E-state index in [1.54, 1.807) is 30.0 Å². The first-order valence-corrected chi connectivity index (χ1v) is 11.6. The van der Waals surface area contributed by atoms with Crippen LogP contribution in [0.1, 0.15) is 50.5 Å². The van der Waals surface area contributed by atoms with Crippen LogP contribution in [0.2, 0.25) is 0 Å². The van der Waals surface area contributed by atoms with Crippen LogP contribution < -0.4 is 4.72 Å². The van der Waals surface area contributed by atoms with Crippen molar-refractivity contribution in [3.8, 4) is 0 Å². The molecule has 1 N–H and O–H groups in total. The van der Waals surface area contributed by atoms with Crippen molar-refractivity contribution in [1.29, 1.82) is 0 Å². The van der Waals surface area contributed by atoms with E-state index in [2.05, 4.69) is 4.72 Å². The van der Waals surface area contributed by atoms with Gasteiger partial charge in [-0.1, -0.05) is 18.2 Å². The Kier molecular flexibility index (Phi) is 7.84. The van der Waals surface area contributed by atoms with Crippen molar-refractivity contribution >= 4 is 27.6 Å². The molecular formula is C23H30N2O5S. The minimum Gasteiger partial charge on any atom is -0.449 e. The Morgan fingerprint density at radius 1 is 0.903 bits per heavy atom. The molecule has 2 aromatic rings. The predicted molar refractivity (Wildman–Crippen MR) is 120 cm³/mol. The second kappa shape index (κ2) is 9.96. The van der Waals surface area contributed by atoms with E-state index in [1.807, 2.05) is 33.8 Å². The van der Waals surface area contributed by atoms with Gasteiger partial charge in [-0.3, -0.25) is 9.52 Å². The van der Waals surface area contributed by atoms with Crippen LogP contribution in [0.25, 0.3) is 0 Å². The Morgan fingerprint density at radius 2 is 1.45 bits per heavy atom. The number of sulfonamides is 1. The fraction of sp³-hybridized carbons (Fsp3) is 0.391. The monoisotopic (exact) mass is 446 g/mol. The molecule has 0 heterocycles. The molecule has 0 spiro atoms. The fourth-order valence-corrected chi connectivity index (χ4v) is 4.39. The summed E-state index contributed by atoms with van der Waals surface area (Å²) in [4.78, 5) is 26.8. The van der Waals surface area contributed by atoms with E-state index in [-0.39, 0.29) is 28.4 Å². The van der Waals surface area contributed by atoms with E-state index in [9.17, 15) is 18.0 Å². The number of esters is 1. The molecule has 0 saturated carbocycles. The van der Waals surface area contributed by atoms with Gasteiger partial charge in [-0.05, 0) is 77.4 Å². The smallest absolute Gasteiger partial charge is 0.338 e. The van der Waals surface area contributed by atoms with E-state index >= 15 is 0 Å². The Labute approximate surface area is 184 Å². The van der Waals surface area contributed by atoms with Gasteiger partial charge in [0.2, 0.25) is 0 Å². The Balaban J connectivity index is 2.11. The topological polar surface area (TPSA) is 92.8 Å². The average Bonchev–Trinajstić information content (AvgIpc) is 2.69. The Morgan fingerprint density at radius 3 is 1.97 bits per heavy atom. The number of benzene rings is 2. The maximum atomic E-state index is 12.6. The first kappa shape index (κ1) is 24.4. The number of ether oxygens (including phenoxy) is 1. The highest BCUT2D eigenvalue weighted by Gasteiger charge is 2.28. The summed E-state index contributed by atoms with van der Waals surface area (Å²) in [5.41, 5.74) is 1.44. The van der Waals surface area contributed by atoms with E-state index in [4.69, 9.17) is 4.74 Å². The van der Waals surface area contributed by atoms with Crippen LogP contribution in [0.3, 0.4) is 0 Å². The van der Waals surface area contributed by atoms with Crippen LogP contribution in [0, 0.1) is 6.92 Å². The summed E-state index contributed by atoms with van der Waals surface area (Å²) in [6.07, 6.45) is -0.955. The highest BCUT2D eigenvalue weighted by atomic mass is 32.2. The maximum absolute atomic E-state index is 12.6. The van der Waals surface area contributed by atoms with E-state index in [0.29, 0.717) is 5.69 Å². The molecule has 0 saturated heterocycles. The summed E-state index contributed by atoms with van der Waals surface area (Å²) in [7, 11) is -3.81. The standard InChI is InChI=1S/C23H30N2O5S/c1-15(2)25(16(3)4)22(26)18(6)30-23(27)19-11-13-20(14-12-19)31(28,29)24-21-10-8-7-9-17(21)5/h7-16,18,24H,1-6H3. The zero-order valence-electron chi connectivity index (χ0n) is 18.7. The lowest BCUT2D eigenvalue weighted by atomic mass is 10.2. The van der Waals surface area contributed by atoms with Gasteiger partial charge in [0, 0.05) is 12.1 Å². The molecule has 0 radical (unpaired) electrons. The van der Waals surface area contributed by atoms with E-state index in [0.717, 1.165) is 5.56 Å². The predicted octanol–water partition coefficient (Wildman–Crippen LogP) is 3.99. The summed E-state index contributed by atoms with van der Waals surface area (Å²) in [6.45, 7) is 10.9. The number of hydrogen-bond donors (Lipinski definition) is 1. The summed E-state index contributed by atoms with van der Waals surface area (Å²) in [5, 5.41) is 0. The van der Waals surface area contributed by atoms with Gasteiger partial charge in [0.1, 0.15) is 0 Å². The second-order valence-corrected chi connectivity index (χ2v) is 9.61. The first-order chi connectivity index (χ1) is 14.4. The lowest BCUT2D eigenvalue weighted by molar-refractivity contribution is -0.143. The van der Waals surface area contributed by atoms with Crippen LogP contribution in [0.4, 0.5) is 5.69 Å². The highest BCUT2D eigenvalue weighted by Crippen LogP contribution is 2.20. The number of aryl methyl sites for hydroxylation is 1. The molecule has 0 aliphatic heterocycles. The van der Waals surface area contributed by atoms with Crippen molar-refractivity contribution in [2.24, 2.45) is 0 Å². The van der Waals surface area contributed by atoms with Gasteiger partial charge < -0.3 is 9.64 Å². The molecule has 168 valence electrons. The van der Waals surface area contributed by atoms with Crippen molar-refractivity contribution in [2.45, 2.75) is 64.6 Å². The molecule has 0 bridgehead atoms. The molecule has 0 fully saturated rings. The summed E-state index contributed by atoms with van der Waals surface area (Å²) in [6, 6.07) is 12.4. The minimum atomic E-state index is -3.81. The number of amides is 1. The van der Waals surface area contributed by atoms with E-state index in [1.165, 1.54) is 31.2 Å². The minimum absolute atomic E-state index is 0.0159. The Hall–Kier alpha value is -2.87. The molecule has 31 heavy (non-hydrogen) atoms. The van der Waals surface area contributed by atoms with Crippen LogP contribution in [-0.2, 0) is 19.6 Å². The number of nitrogens with zero attached hydrogens (tertiary/aromatic N) is 1. The van der Waals surface area contributed by atoms with Crippen LogP contribution in [0.5, 0.6) is 0 Å². The number of anilines is 1. The van der Waals surface area contributed by atoms with Crippen LogP contribution >= 0.6 is 0 Å². The zero-order chi connectivity index (χ0) is 23.3. The van der Waals surface area contributed by atoms with Crippen molar-refractivity contribution in [3.05, 3.63) is 59.7 Å². The van der Waals surface area contributed by atoms with Gasteiger partial charge in [0.15, 0.2) is 6.10 Å². The lowest BCUT2D eigenvalue weighted by Gasteiger charge is -2.32. The molecule has 0 aromatic heterocycles. The van der Waals surface area contributed by atoms with Crippen molar-refractivity contribution in [3.63, 3.8) is 0 Å². The van der Waals surface area contributed by atoms with Gasteiger partial charge >= 0.3 is 5.97 Å². The van der Waals surface area contributed by atoms with Crippen molar-refractivity contribution in [2.75, 3.05) is 4.72 Å². The third-order valence-corrected chi connectivity index (χ3v) is 6.17. The average molecular weight is 447 g/mol. The van der Waals surface area contributed by atoms with Crippen molar-refractivity contribution in [1.82, 2.24) is 4.90 Å². The van der Waals surface area contributed by atoms with Gasteiger partial charge in [-0.2, -0.15) is 0 Å². The molecule has 1 unspecified atom stereocenters. The van der Waals surface area contributed by atoms with Crippen LogP contribution in [-0.4, -0.2) is 43.4 Å². The summed E-state index contributed by atoms with van der Waals surface area (Å²) >= 11 is 0. The zero-order valence-corrected chi connectivity index (χ0v) is 19.6. The molecule has 1 atom stereocenters. The summed E-state index contributed by atoms with van der Waals surface area (Å²) < 4.78 is 33.1. The van der Waals surface area contributed by atoms with Gasteiger partial charge in [0.25, 0.3) is 15.9 Å². The van der Waals surface area contributed by atoms with Gasteiger partial charge in [-0.15, -0.1) is 0 Å². The number of carbonyl (C=O) groups is 2. The molecule has 1 amide bonds. The van der Waals surface area contributed by atoms with E-state index < -0.39 is 22.1 Å². The molecule has 7 nitrogen and oxygen atoms in total. The quantitative estimate of drug-likeness (QED) is 0.619. The number of hydrogen-bond acceptors (Lipinski definition) is 5. The number of nitrogens with one attached hydrogen (secondary N) is 1. The molecule has 8 heteroatoms. The number of para-hydroxylation sites is 1. The second-order valence-electron chi connectivity index (χ2n) is 7.93. The fourth-order valence-electron chi connectivity index (χ4n) is 3.26. The summed E-state index contributed by atoms with van der Waals surface area (Å²) in [5.74, 6) is -0.968. The SMILES string of the molecule is Cc1ccccc1NS(=O)(=O)c1ccc(C(=O)OC(C)C(=O)N(C(C)C)C(C)C)cc1. The molecule has 0 aliphatic carbocycles. The molecular weight excluding hydrogens is 416 g/mol. The van der Waals surface area contributed by atoms with Crippen LogP contribution in [0.15, 0.2) is 53.4 Å². The Bertz CT molecular complexity index is 1020. The lowest BCUT2D eigenvalue weighted by Crippen LogP contribution is -2.47. The molecule has 2 rings (SSSR count).